The summed E-state index contributed by atoms with van der Waals surface area (Å²) in [5, 5.41) is 5.57. The number of carbonyl (C=O) groups is 1. The van der Waals surface area contributed by atoms with E-state index in [1.54, 1.807) is 0 Å². The van der Waals surface area contributed by atoms with E-state index in [2.05, 4.69) is 36.6 Å². The monoisotopic (exact) mass is 312 g/mol. The Morgan fingerprint density at radius 1 is 1.13 bits per heavy atom. The topological polar surface area (TPSA) is 50.4 Å². The maximum absolute atomic E-state index is 11.8. The van der Waals surface area contributed by atoms with Crippen molar-refractivity contribution in [2.24, 2.45) is 0 Å². The summed E-state index contributed by atoms with van der Waals surface area (Å²) in [4.78, 5) is 11.8. The third-order valence-corrected chi connectivity index (χ3v) is 3.48. The highest BCUT2D eigenvalue weighted by Gasteiger charge is 2.02. The van der Waals surface area contributed by atoms with Crippen molar-refractivity contribution in [2.45, 2.75) is 26.7 Å². The summed E-state index contributed by atoms with van der Waals surface area (Å²) in [7, 11) is 0. The van der Waals surface area contributed by atoms with Gasteiger partial charge >= 0.3 is 6.03 Å². The van der Waals surface area contributed by atoms with Crippen LogP contribution in [-0.2, 0) is 0 Å². The molecule has 2 N–H and O–H groups in total. The minimum atomic E-state index is -0.227. The first-order chi connectivity index (χ1) is 11.0. The first-order valence-corrected chi connectivity index (χ1v) is 7.89. The molecule has 0 saturated heterocycles. The molecule has 0 aliphatic heterocycles. The molecule has 0 heterocycles. The third-order valence-electron chi connectivity index (χ3n) is 3.48. The summed E-state index contributed by atoms with van der Waals surface area (Å²) in [6.07, 6.45) is 0. The second-order valence-corrected chi connectivity index (χ2v) is 5.82. The number of aryl methyl sites for hydroxylation is 1. The highest BCUT2D eigenvalue weighted by molar-refractivity contribution is 5.89. The van der Waals surface area contributed by atoms with Crippen LogP contribution >= 0.6 is 0 Å². The van der Waals surface area contributed by atoms with E-state index in [-0.39, 0.29) is 6.03 Å². The molecular weight excluding hydrogens is 288 g/mol. The van der Waals surface area contributed by atoms with Crippen LogP contribution in [0, 0.1) is 6.92 Å². The molecule has 122 valence electrons. The molecule has 2 aromatic rings. The Bertz CT molecular complexity index is 636. The van der Waals surface area contributed by atoms with Gasteiger partial charge in [-0.15, -0.1) is 0 Å². The van der Waals surface area contributed by atoms with Gasteiger partial charge in [0.05, 0.1) is 6.54 Å². The molecule has 0 unspecified atom stereocenters. The van der Waals surface area contributed by atoms with Crippen molar-refractivity contribution in [3.63, 3.8) is 0 Å². The van der Waals surface area contributed by atoms with Gasteiger partial charge in [0.1, 0.15) is 12.4 Å². The molecule has 0 spiro atoms. The highest BCUT2D eigenvalue weighted by Crippen LogP contribution is 2.18. The van der Waals surface area contributed by atoms with E-state index in [4.69, 9.17) is 4.74 Å². The fourth-order valence-electron chi connectivity index (χ4n) is 2.18. The number of carbonyl (C=O) groups excluding carboxylic acids is 1. The number of ether oxygens (including phenoxy) is 1. The van der Waals surface area contributed by atoms with E-state index in [9.17, 15) is 4.79 Å². The fourth-order valence-corrected chi connectivity index (χ4v) is 2.18. The van der Waals surface area contributed by atoms with Crippen molar-refractivity contribution < 1.29 is 9.53 Å². The van der Waals surface area contributed by atoms with E-state index in [0.29, 0.717) is 19.1 Å². The lowest BCUT2D eigenvalue weighted by molar-refractivity contribution is 0.247. The number of hydrogen-bond acceptors (Lipinski definition) is 2. The van der Waals surface area contributed by atoms with Crippen LogP contribution in [0.4, 0.5) is 10.5 Å². The summed E-state index contributed by atoms with van der Waals surface area (Å²) in [6, 6.07) is 15.5. The average Bonchev–Trinajstić information content (AvgIpc) is 2.52. The summed E-state index contributed by atoms with van der Waals surface area (Å²) < 4.78 is 5.62. The SMILES string of the molecule is Cc1cccc(NC(=O)NCCOc2ccc(C(C)C)cc2)c1. The number of rotatable bonds is 6. The Morgan fingerprint density at radius 2 is 1.87 bits per heavy atom. The molecule has 2 rings (SSSR count). The largest absolute Gasteiger partial charge is 0.492 e. The molecule has 2 amide bonds. The molecule has 0 saturated carbocycles. The second kappa shape index (κ2) is 8.22. The molecule has 0 aromatic heterocycles. The predicted molar refractivity (Wildman–Crippen MR) is 94.2 cm³/mol. The Morgan fingerprint density at radius 3 is 2.52 bits per heavy atom. The lowest BCUT2D eigenvalue weighted by Crippen LogP contribution is -2.32. The van der Waals surface area contributed by atoms with Crippen molar-refractivity contribution in [2.75, 3.05) is 18.5 Å². The fraction of sp³-hybridized carbons (Fsp3) is 0.316. The summed E-state index contributed by atoms with van der Waals surface area (Å²) in [5.74, 6) is 1.33. The van der Waals surface area contributed by atoms with Gasteiger partial charge in [-0.1, -0.05) is 38.1 Å². The molecule has 0 radical (unpaired) electrons. The highest BCUT2D eigenvalue weighted by atomic mass is 16.5. The van der Waals surface area contributed by atoms with Crippen molar-refractivity contribution >= 4 is 11.7 Å². The minimum absolute atomic E-state index is 0.227. The molecule has 0 bridgehead atoms. The number of urea groups is 1. The van der Waals surface area contributed by atoms with Crippen molar-refractivity contribution in [3.05, 3.63) is 59.7 Å². The van der Waals surface area contributed by atoms with Crippen LogP contribution in [0.1, 0.15) is 30.9 Å². The number of hydrogen-bond donors (Lipinski definition) is 2. The second-order valence-electron chi connectivity index (χ2n) is 5.82. The van der Waals surface area contributed by atoms with Gasteiger partial charge in [0.2, 0.25) is 0 Å². The molecule has 0 aliphatic carbocycles. The zero-order valence-corrected chi connectivity index (χ0v) is 13.9. The number of anilines is 1. The van der Waals surface area contributed by atoms with Crippen molar-refractivity contribution in [1.29, 1.82) is 0 Å². The van der Waals surface area contributed by atoms with Gasteiger partial charge < -0.3 is 15.4 Å². The quantitative estimate of drug-likeness (QED) is 0.781. The van der Waals surface area contributed by atoms with Gasteiger partial charge in [0.15, 0.2) is 0 Å². The van der Waals surface area contributed by atoms with Crippen LogP contribution < -0.4 is 15.4 Å². The maximum Gasteiger partial charge on any atom is 0.319 e. The molecule has 4 nitrogen and oxygen atoms in total. The summed E-state index contributed by atoms with van der Waals surface area (Å²) >= 11 is 0. The smallest absolute Gasteiger partial charge is 0.319 e. The van der Waals surface area contributed by atoms with E-state index < -0.39 is 0 Å². The number of amides is 2. The molecule has 2 aromatic carbocycles. The van der Waals surface area contributed by atoms with Gasteiger partial charge in [0.25, 0.3) is 0 Å². The van der Waals surface area contributed by atoms with E-state index >= 15 is 0 Å². The Labute approximate surface area is 137 Å². The Kier molecular flexibility index (Phi) is 6.03. The Balaban J connectivity index is 1.69. The van der Waals surface area contributed by atoms with Crippen LogP contribution in [0.25, 0.3) is 0 Å². The van der Waals surface area contributed by atoms with Gasteiger partial charge in [0, 0.05) is 5.69 Å². The molecule has 0 aliphatic rings. The van der Waals surface area contributed by atoms with Crippen LogP contribution in [0.3, 0.4) is 0 Å². The van der Waals surface area contributed by atoms with Crippen LogP contribution in [0.5, 0.6) is 5.75 Å². The van der Waals surface area contributed by atoms with Crippen LogP contribution in [-0.4, -0.2) is 19.2 Å². The predicted octanol–water partition coefficient (Wildman–Crippen LogP) is 4.32. The first-order valence-electron chi connectivity index (χ1n) is 7.89. The van der Waals surface area contributed by atoms with Gasteiger partial charge in [-0.3, -0.25) is 0 Å². The molecule has 23 heavy (non-hydrogen) atoms. The number of benzene rings is 2. The normalized spacial score (nSPS) is 10.4. The van der Waals surface area contributed by atoms with Gasteiger partial charge in [-0.05, 0) is 48.2 Å². The number of nitrogens with one attached hydrogen (secondary N) is 2. The van der Waals surface area contributed by atoms with Crippen molar-refractivity contribution in [3.8, 4) is 5.75 Å². The molecule has 0 atom stereocenters. The lowest BCUT2D eigenvalue weighted by Gasteiger charge is -2.10. The molecule has 4 heteroatoms. The standard InChI is InChI=1S/C19H24N2O2/c1-14(2)16-7-9-18(10-8-16)23-12-11-20-19(22)21-17-6-4-5-15(3)13-17/h4-10,13-14H,11-12H2,1-3H3,(H2,20,21,22). The van der Waals surface area contributed by atoms with Crippen molar-refractivity contribution in [1.82, 2.24) is 5.32 Å². The molecule has 0 fully saturated rings. The van der Waals surface area contributed by atoms with E-state index in [0.717, 1.165) is 17.0 Å². The third kappa shape index (κ3) is 5.66. The minimum Gasteiger partial charge on any atom is -0.492 e. The summed E-state index contributed by atoms with van der Waals surface area (Å²) in [5.41, 5.74) is 3.18. The lowest BCUT2D eigenvalue weighted by atomic mass is 10.0. The molecular formula is C19H24N2O2. The van der Waals surface area contributed by atoms with E-state index in [1.807, 2.05) is 43.3 Å². The van der Waals surface area contributed by atoms with Crippen LogP contribution in [0.15, 0.2) is 48.5 Å². The summed E-state index contributed by atoms with van der Waals surface area (Å²) in [6.45, 7) is 7.19. The average molecular weight is 312 g/mol. The zero-order valence-electron chi connectivity index (χ0n) is 13.9. The first kappa shape index (κ1) is 16.9. The maximum atomic E-state index is 11.8. The van der Waals surface area contributed by atoms with Crippen LogP contribution in [0.2, 0.25) is 0 Å². The van der Waals surface area contributed by atoms with Gasteiger partial charge in [-0.25, -0.2) is 4.79 Å². The van der Waals surface area contributed by atoms with E-state index in [1.165, 1.54) is 5.56 Å². The van der Waals surface area contributed by atoms with Gasteiger partial charge in [-0.2, -0.15) is 0 Å². The Hall–Kier alpha value is -2.49. The zero-order chi connectivity index (χ0) is 16.7.